The highest BCUT2D eigenvalue weighted by molar-refractivity contribution is 6.00. The minimum Gasteiger partial charge on any atom is -0.341 e. The number of benzene rings is 2. The maximum absolute atomic E-state index is 12.5. The van der Waals surface area contributed by atoms with E-state index in [4.69, 9.17) is 0 Å². The van der Waals surface area contributed by atoms with Gasteiger partial charge in [-0.25, -0.2) is 4.68 Å². The van der Waals surface area contributed by atoms with Crippen LogP contribution in [0.25, 0.3) is 5.69 Å². The van der Waals surface area contributed by atoms with Crippen LogP contribution in [0.4, 0.5) is 5.69 Å². The highest BCUT2D eigenvalue weighted by Crippen LogP contribution is 2.22. The van der Waals surface area contributed by atoms with Gasteiger partial charge in [-0.05, 0) is 42.2 Å². The first-order valence-electron chi connectivity index (χ1n) is 9.56. The van der Waals surface area contributed by atoms with E-state index in [1.165, 1.54) is 0 Å². The van der Waals surface area contributed by atoms with Gasteiger partial charge in [-0.1, -0.05) is 51.1 Å². The lowest BCUT2D eigenvalue weighted by Gasteiger charge is -2.19. The van der Waals surface area contributed by atoms with E-state index in [0.29, 0.717) is 11.3 Å². The minimum absolute atomic E-state index is 0.0202. The van der Waals surface area contributed by atoms with E-state index in [-0.39, 0.29) is 17.2 Å². The molecule has 29 heavy (non-hydrogen) atoms. The maximum atomic E-state index is 12.5. The van der Waals surface area contributed by atoms with Gasteiger partial charge in [0.15, 0.2) is 0 Å². The summed E-state index contributed by atoms with van der Waals surface area (Å²) in [5.41, 5.74) is 3.15. The Labute approximate surface area is 170 Å². The van der Waals surface area contributed by atoms with Crippen LogP contribution in [-0.2, 0) is 10.2 Å². The topological polar surface area (TPSA) is 76.0 Å². The van der Waals surface area contributed by atoms with Crippen LogP contribution >= 0.6 is 0 Å². The van der Waals surface area contributed by atoms with Crippen LogP contribution in [0.1, 0.15) is 43.6 Å². The van der Waals surface area contributed by atoms with Crippen molar-refractivity contribution in [3.05, 3.63) is 78.1 Å². The first-order valence-corrected chi connectivity index (χ1v) is 9.56. The SMILES string of the molecule is CC(NC(=O)c1ccc(C(C)(C)C)cc1)C(=O)Nc1cnn(-c2ccccc2)c1. The predicted molar refractivity (Wildman–Crippen MR) is 114 cm³/mol. The van der Waals surface area contributed by atoms with E-state index in [2.05, 4.69) is 36.5 Å². The van der Waals surface area contributed by atoms with Gasteiger partial charge in [0, 0.05) is 5.56 Å². The normalized spacial score (nSPS) is 12.3. The fourth-order valence-corrected chi connectivity index (χ4v) is 2.83. The van der Waals surface area contributed by atoms with Crippen molar-refractivity contribution in [1.29, 1.82) is 0 Å². The molecule has 2 amide bonds. The number of para-hydroxylation sites is 1. The van der Waals surface area contributed by atoms with Crippen LogP contribution in [0.15, 0.2) is 67.0 Å². The van der Waals surface area contributed by atoms with Gasteiger partial charge >= 0.3 is 0 Å². The summed E-state index contributed by atoms with van der Waals surface area (Å²) in [5, 5.41) is 9.77. The molecule has 1 unspecified atom stereocenters. The second-order valence-electron chi connectivity index (χ2n) is 8.02. The quantitative estimate of drug-likeness (QED) is 0.693. The van der Waals surface area contributed by atoms with Crippen molar-refractivity contribution >= 4 is 17.5 Å². The molecule has 6 heteroatoms. The van der Waals surface area contributed by atoms with Crippen molar-refractivity contribution in [3.8, 4) is 5.69 Å². The fraction of sp³-hybridized carbons (Fsp3) is 0.261. The number of rotatable bonds is 5. The third-order valence-electron chi connectivity index (χ3n) is 4.62. The first-order chi connectivity index (χ1) is 13.7. The van der Waals surface area contributed by atoms with E-state index in [9.17, 15) is 9.59 Å². The molecule has 2 N–H and O–H groups in total. The molecule has 0 fully saturated rings. The average Bonchev–Trinajstić information content (AvgIpc) is 3.16. The fourth-order valence-electron chi connectivity index (χ4n) is 2.83. The summed E-state index contributed by atoms with van der Waals surface area (Å²) >= 11 is 0. The molecule has 0 saturated heterocycles. The number of nitrogens with zero attached hydrogens (tertiary/aromatic N) is 2. The van der Waals surface area contributed by atoms with E-state index in [1.54, 1.807) is 36.1 Å². The smallest absolute Gasteiger partial charge is 0.251 e. The van der Waals surface area contributed by atoms with E-state index < -0.39 is 6.04 Å². The van der Waals surface area contributed by atoms with Crippen molar-refractivity contribution in [2.45, 2.75) is 39.2 Å². The van der Waals surface area contributed by atoms with Crippen LogP contribution in [0.3, 0.4) is 0 Å². The Morgan fingerprint density at radius 1 is 1.00 bits per heavy atom. The number of carbonyl (C=O) groups excluding carboxylic acids is 2. The molecule has 0 aliphatic heterocycles. The number of hydrogen-bond acceptors (Lipinski definition) is 3. The van der Waals surface area contributed by atoms with Crippen LogP contribution in [0.2, 0.25) is 0 Å². The van der Waals surface area contributed by atoms with Crippen molar-refractivity contribution in [2.24, 2.45) is 0 Å². The molecule has 6 nitrogen and oxygen atoms in total. The van der Waals surface area contributed by atoms with Gasteiger partial charge in [-0.15, -0.1) is 0 Å². The molecule has 1 heterocycles. The van der Waals surface area contributed by atoms with Crippen molar-refractivity contribution in [2.75, 3.05) is 5.32 Å². The van der Waals surface area contributed by atoms with Crippen LogP contribution in [-0.4, -0.2) is 27.6 Å². The monoisotopic (exact) mass is 390 g/mol. The Morgan fingerprint density at radius 3 is 2.28 bits per heavy atom. The van der Waals surface area contributed by atoms with Crippen molar-refractivity contribution in [3.63, 3.8) is 0 Å². The molecule has 0 aliphatic carbocycles. The Bertz CT molecular complexity index is 986. The van der Waals surface area contributed by atoms with Gasteiger partial charge in [-0.2, -0.15) is 5.10 Å². The molecule has 0 radical (unpaired) electrons. The molecule has 1 atom stereocenters. The highest BCUT2D eigenvalue weighted by atomic mass is 16.2. The molecular weight excluding hydrogens is 364 g/mol. The lowest BCUT2D eigenvalue weighted by molar-refractivity contribution is -0.117. The number of amides is 2. The van der Waals surface area contributed by atoms with Crippen LogP contribution in [0, 0.1) is 0 Å². The average molecular weight is 390 g/mol. The lowest BCUT2D eigenvalue weighted by atomic mass is 9.86. The second-order valence-corrected chi connectivity index (χ2v) is 8.02. The summed E-state index contributed by atoms with van der Waals surface area (Å²) < 4.78 is 1.68. The zero-order valence-electron chi connectivity index (χ0n) is 17.1. The molecule has 3 rings (SSSR count). The number of aromatic nitrogens is 2. The van der Waals surface area contributed by atoms with Gasteiger partial charge < -0.3 is 10.6 Å². The third-order valence-corrected chi connectivity index (χ3v) is 4.62. The summed E-state index contributed by atoms with van der Waals surface area (Å²) in [6.07, 6.45) is 3.30. The third kappa shape index (κ3) is 5.10. The molecule has 0 spiro atoms. The van der Waals surface area contributed by atoms with E-state index in [0.717, 1.165) is 11.3 Å². The second kappa shape index (κ2) is 8.31. The number of anilines is 1. The van der Waals surface area contributed by atoms with Gasteiger partial charge in [-0.3, -0.25) is 9.59 Å². The van der Waals surface area contributed by atoms with Gasteiger partial charge in [0.05, 0.1) is 23.8 Å². The number of carbonyl (C=O) groups is 2. The van der Waals surface area contributed by atoms with Crippen LogP contribution in [0.5, 0.6) is 0 Å². The van der Waals surface area contributed by atoms with Gasteiger partial charge in [0.1, 0.15) is 6.04 Å². The molecule has 0 saturated carbocycles. The molecule has 1 aromatic heterocycles. The van der Waals surface area contributed by atoms with Gasteiger partial charge in [0.2, 0.25) is 5.91 Å². The molecule has 0 aliphatic rings. The molecule has 0 bridgehead atoms. The summed E-state index contributed by atoms with van der Waals surface area (Å²) in [4.78, 5) is 24.9. The largest absolute Gasteiger partial charge is 0.341 e. The number of nitrogens with one attached hydrogen (secondary N) is 2. The first kappa shape index (κ1) is 20.3. The molecule has 3 aromatic rings. The Morgan fingerprint density at radius 2 is 1.66 bits per heavy atom. The minimum atomic E-state index is -0.690. The van der Waals surface area contributed by atoms with E-state index in [1.807, 2.05) is 42.5 Å². The summed E-state index contributed by atoms with van der Waals surface area (Å²) in [6, 6.07) is 16.4. The molecule has 150 valence electrons. The molecular formula is C23H26N4O2. The summed E-state index contributed by atoms with van der Waals surface area (Å²) in [5.74, 6) is -0.592. The standard InChI is InChI=1S/C23H26N4O2/c1-16(25-22(29)17-10-12-18(13-11-17)23(2,3)4)21(28)26-19-14-24-27(15-19)20-8-6-5-7-9-20/h5-16H,1-4H3,(H,25,29)(H,26,28). The van der Waals surface area contributed by atoms with Crippen LogP contribution < -0.4 is 10.6 Å². The maximum Gasteiger partial charge on any atom is 0.251 e. The van der Waals surface area contributed by atoms with Gasteiger partial charge in [0.25, 0.3) is 5.91 Å². The predicted octanol–water partition coefficient (Wildman–Crippen LogP) is 3.93. The van der Waals surface area contributed by atoms with E-state index >= 15 is 0 Å². The lowest BCUT2D eigenvalue weighted by Crippen LogP contribution is -2.41. The summed E-state index contributed by atoms with van der Waals surface area (Å²) in [6.45, 7) is 8.01. The summed E-state index contributed by atoms with van der Waals surface area (Å²) in [7, 11) is 0. The zero-order chi connectivity index (χ0) is 21.0. The Kier molecular flexibility index (Phi) is 5.82. The van der Waals surface area contributed by atoms with Crippen molar-refractivity contribution in [1.82, 2.24) is 15.1 Å². The zero-order valence-corrected chi connectivity index (χ0v) is 17.1. The Balaban J connectivity index is 1.59. The number of hydrogen-bond donors (Lipinski definition) is 2. The molecule has 2 aromatic carbocycles. The highest BCUT2D eigenvalue weighted by Gasteiger charge is 2.19. The van der Waals surface area contributed by atoms with Crippen molar-refractivity contribution < 1.29 is 9.59 Å². The Hall–Kier alpha value is -3.41.